The first-order valence-electron chi connectivity index (χ1n) is 8.51. The monoisotopic (exact) mass is 370 g/mol. The van der Waals surface area contributed by atoms with Gasteiger partial charge in [-0.3, -0.25) is 23.3 Å². The molecule has 2 aromatic heterocycles. The van der Waals surface area contributed by atoms with Gasteiger partial charge in [-0.25, -0.2) is 9.78 Å². The van der Waals surface area contributed by atoms with Crippen LogP contribution in [0.5, 0.6) is 0 Å². The summed E-state index contributed by atoms with van der Waals surface area (Å²) >= 11 is 0. The van der Waals surface area contributed by atoms with Crippen molar-refractivity contribution in [3.8, 4) is 0 Å². The average Bonchev–Trinajstić information content (AvgIpc) is 3.07. The Balaban J connectivity index is 2.26. The summed E-state index contributed by atoms with van der Waals surface area (Å²) in [6.07, 6.45) is 0.534. The second kappa shape index (κ2) is 6.53. The quantitative estimate of drug-likeness (QED) is 0.653. The van der Waals surface area contributed by atoms with Crippen molar-refractivity contribution in [1.82, 2.24) is 18.7 Å². The Kier molecular flexibility index (Phi) is 4.51. The molecule has 0 saturated carbocycles. The molecule has 0 N–H and O–H groups in total. The molecule has 0 bridgehead atoms. The van der Waals surface area contributed by atoms with Crippen molar-refractivity contribution in [2.45, 2.75) is 27.0 Å². The van der Waals surface area contributed by atoms with E-state index in [9.17, 15) is 14.4 Å². The standard InChI is InChI=1S/C19H22N4O4/c1-19(2,3)17(25)27-16(12-9-7-6-8-10-12)23-11-20-14-13(23)15(24)22(5)18(26)21(14)4/h6-11,16H,1-5H3. The molecule has 27 heavy (non-hydrogen) atoms. The maximum absolute atomic E-state index is 12.8. The van der Waals surface area contributed by atoms with E-state index in [2.05, 4.69) is 4.98 Å². The van der Waals surface area contributed by atoms with E-state index in [1.54, 1.807) is 40.0 Å². The highest BCUT2D eigenvalue weighted by Gasteiger charge is 2.29. The van der Waals surface area contributed by atoms with Gasteiger partial charge in [0, 0.05) is 19.7 Å². The van der Waals surface area contributed by atoms with Crippen molar-refractivity contribution in [3.63, 3.8) is 0 Å². The molecule has 1 atom stereocenters. The predicted molar refractivity (Wildman–Crippen MR) is 100 cm³/mol. The van der Waals surface area contributed by atoms with Crippen molar-refractivity contribution in [2.24, 2.45) is 19.5 Å². The molecule has 3 aromatic rings. The molecule has 0 aliphatic rings. The summed E-state index contributed by atoms with van der Waals surface area (Å²) in [5, 5.41) is 0. The van der Waals surface area contributed by atoms with E-state index in [1.807, 2.05) is 18.2 Å². The summed E-state index contributed by atoms with van der Waals surface area (Å²) in [7, 11) is 2.94. The predicted octanol–water partition coefficient (Wildman–Crippen LogP) is 1.57. The second-order valence-corrected chi connectivity index (χ2v) is 7.45. The highest BCUT2D eigenvalue weighted by Crippen LogP contribution is 2.27. The zero-order chi connectivity index (χ0) is 19.9. The van der Waals surface area contributed by atoms with Crippen molar-refractivity contribution in [2.75, 3.05) is 0 Å². The first-order valence-corrected chi connectivity index (χ1v) is 8.51. The van der Waals surface area contributed by atoms with Crippen LogP contribution in [0.3, 0.4) is 0 Å². The van der Waals surface area contributed by atoms with Crippen LogP contribution in [0, 0.1) is 5.41 Å². The number of carbonyl (C=O) groups is 1. The SMILES string of the molecule is Cn1c(=O)c2c(ncn2C(OC(=O)C(C)(C)C)c2ccccc2)n(C)c1=O. The number of carbonyl (C=O) groups excluding carboxylic acids is 1. The molecule has 1 unspecified atom stereocenters. The molecular formula is C19H22N4O4. The van der Waals surface area contributed by atoms with E-state index < -0.39 is 28.9 Å². The third-order valence-corrected chi connectivity index (χ3v) is 4.34. The third-order valence-electron chi connectivity index (χ3n) is 4.34. The number of hydrogen-bond acceptors (Lipinski definition) is 5. The number of nitrogens with zero attached hydrogens (tertiary/aromatic N) is 4. The zero-order valence-electron chi connectivity index (χ0n) is 16.0. The van der Waals surface area contributed by atoms with Crippen LogP contribution in [0.25, 0.3) is 11.2 Å². The molecule has 0 aliphatic heterocycles. The van der Waals surface area contributed by atoms with Crippen molar-refractivity contribution < 1.29 is 9.53 Å². The smallest absolute Gasteiger partial charge is 0.332 e. The highest BCUT2D eigenvalue weighted by molar-refractivity contribution is 5.76. The molecule has 0 radical (unpaired) electrons. The average molecular weight is 370 g/mol. The van der Waals surface area contributed by atoms with Crippen LogP contribution in [0.1, 0.15) is 32.6 Å². The van der Waals surface area contributed by atoms with Crippen LogP contribution in [-0.2, 0) is 23.6 Å². The van der Waals surface area contributed by atoms with Gasteiger partial charge in [0.25, 0.3) is 5.56 Å². The summed E-state index contributed by atoms with van der Waals surface area (Å²) in [6.45, 7) is 5.27. The van der Waals surface area contributed by atoms with E-state index in [4.69, 9.17) is 4.74 Å². The largest absolute Gasteiger partial charge is 0.436 e. The van der Waals surface area contributed by atoms with Gasteiger partial charge in [0.1, 0.15) is 6.33 Å². The number of aromatic nitrogens is 4. The molecule has 142 valence electrons. The van der Waals surface area contributed by atoms with Gasteiger partial charge in [-0.05, 0) is 20.8 Å². The zero-order valence-corrected chi connectivity index (χ0v) is 16.0. The summed E-state index contributed by atoms with van der Waals surface area (Å²) in [5.41, 5.74) is -0.586. The summed E-state index contributed by atoms with van der Waals surface area (Å²) in [5.74, 6) is -0.417. The van der Waals surface area contributed by atoms with Crippen LogP contribution < -0.4 is 11.2 Å². The lowest BCUT2D eigenvalue weighted by atomic mass is 9.97. The first-order chi connectivity index (χ1) is 12.6. The number of hydrogen-bond donors (Lipinski definition) is 0. The molecule has 8 heteroatoms. The molecule has 2 heterocycles. The van der Waals surface area contributed by atoms with Gasteiger partial charge in [0.2, 0.25) is 6.23 Å². The molecule has 0 saturated heterocycles. The molecule has 0 fully saturated rings. The maximum Gasteiger partial charge on any atom is 0.332 e. The van der Waals surface area contributed by atoms with Crippen LogP contribution in [0.15, 0.2) is 46.2 Å². The molecule has 0 aliphatic carbocycles. The maximum atomic E-state index is 12.8. The Morgan fingerprint density at radius 1 is 1.07 bits per heavy atom. The van der Waals surface area contributed by atoms with E-state index in [0.717, 1.165) is 4.57 Å². The first kappa shape index (κ1) is 18.6. The van der Waals surface area contributed by atoms with Gasteiger partial charge in [-0.15, -0.1) is 0 Å². The molecule has 0 spiro atoms. The minimum absolute atomic E-state index is 0.190. The topological polar surface area (TPSA) is 88.1 Å². The minimum Gasteiger partial charge on any atom is -0.436 e. The van der Waals surface area contributed by atoms with Gasteiger partial charge < -0.3 is 4.74 Å². The minimum atomic E-state index is -0.881. The summed E-state index contributed by atoms with van der Waals surface area (Å²) in [6, 6.07) is 9.10. The number of esters is 1. The van der Waals surface area contributed by atoms with E-state index in [-0.39, 0.29) is 11.2 Å². The van der Waals surface area contributed by atoms with Crippen molar-refractivity contribution >= 4 is 17.1 Å². The van der Waals surface area contributed by atoms with Gasteiger partial charge in [0.15, 0.2) is 11.2 Å². The second-order valence-electron chi connectivity index (χ2n) is 7.45. The summed E-state index contributed by atoms with van der Waals surface area (Å²) in [4.78, 5) is 41.7. The Hall–Kier alpha value is -3.16. The number of ether oxygens (including phenoxy) is 1. The van der Waals surface area contributed by atoms with Gasteiger partial charge in [-0.1, -0.05) is 30.3 Å². The molecule has 1 aromatic carbocycles. The van der Waals surface area contributed by atoms with Crippen LogP contribution >= 0.6 is 0 Å². The fraction of sp³-hybridized carbons (Fsp3) is 0.368. The number of rotatable bonds is 3. The lowest BCUT2D eigenvalue weighted by Gasteiger charge is -2.25. The molecule has 8 nitrogen and oxygen atoms in total. The van der Waals surface area contributed by atoms with Crippen molar-refractivity contribution in [3.05, 3.63) is 63.1 Å². The van der Waals surface area contributed by atoms with Gasteiger partial charge >= 0.3 is 11.7 Å². The fourth-order valence-corrected chi connectivity index (χ4v) is 2.72. The van der Waals surface area contributed by atoms with Crippen LogP contribution in [0.4, 0.5) is 0 Å². The molecule has 3 rings (SSSR count). The van der Waals surface area contributed by atoms with Crippen molar-refractivity contribution in [1.29, 1.82) is 0 Å². The number of fused-ring (bicyclic) bond motifs is 1. The lowest BCUT2D eigenvalue weighted by molar-refractivity contribution is -0.160. The third kappa shape index (κ3) is 3.18. The Morgan fingerprint density at radius 2 is 1.70 bits per heavy atom. The number of imidazole rings is 1. The van der Waals surface area contributed by atoms with Gasteiger partial charge in [-0.2, -0.15) is 0 Å². The highest BCUT2D eigenvalue weighted by atomic mass is 16.6. The van der Waals surface area contributed by atoms with Gasteiger partial charge in [0.05, 0.1) is 5.41 Å². The fourth-order valence-electron chi connectivity index (χ4n) is 2.72. The Bertz CT molecular complexity index is 1120. The van der Waals surface area contributed by atoms with Crippen LogP contribution in [0.2, 0.25) is 0 Å². The number of aryl methyl sites for hydroxylation is 1. The lowest BCUT2D eigenvalue weighted by Crippen LogP contribution is -2.38. The Labute approximate surface area is 155 Å². The normalized spacial score (nSPS) is 12.9. The Morgan fingerprint density at radius 3 is 2.30 bits per heavy atom. The number of benzene rings is 1. The van der Waals surface area contributed by atoms with E-state index in [0.29, 0.717) is 5.56 Å². The van der Waals surface area contributed by atoms with E-state index >= 15 is 0 Å². The molecule has 0 amide bonds. The van der Waals surface area contributed by atoms with Crippen LogP contribution in [-0.4, -0.2) is 24.7 Å². The molecular weight excluding hydrogens is 348 g/mol. The summed E-state index contributed by atoms with van der Waals surface area (Å²) < 4.78 is 9.56. The van der Waals surface area contributed by atoms with E-state index in [1.165, 1.54) is 22.5 Å².